The Morgan fingerprint density at radius 1 is 1.41 bits per heavy atom. The van der Waals surface area contributed by atoms with Gasteiger partial charge in [0.25, 0.3) is 5.56 Å². The fourth-order valence-corrected chi connectivity index (χ4v) is 4.31. The van der Waals surface area contributed by atoms with E-state index in [0.717, 1.165) is 39.1 Å². The minimum atomic E-state index is -0.318. The highest BCUT2D eigenvalue weighted by molar-refractivity contribution is 8.14. The van der Waals surface area contributed by atoms with Gasteiger partial charge in [0.15, 0.2) is 0 Å². The number of aromatic nitrogens is 2. The van der Waals surface area contributed by atoms with Crippen LogP contribution in [0.5, 0.6) is 5.75 Å². The second kappa shape index (κ2) is 7.64. The van der Waals surface area contributed by atoms with Crippen LogP contribution in [-0.4, -0.2) is 27.4 Å². The number of carbonyl (C=O) groups excluding carboxylic acids is 2. The van der Waals surface area contributed by atoms with Crippen molar-refractivity contribution in [3.05, 3.63) is 44.9 Å². The molecule has 0 bridgehead atoms. The van der Waals surface area contributed by atoms with Gasteiger partial charge in [-0.25, -0.2) is 0 Å². The summed E-state index contributed by atoms with van der Waals surface area (Å²) in [5.74, 6) is 0.663. The highest BCUT2D eigenvalue weighted by atomic mass is 32.2. The third-order valence-electron chi connectivity index (χ3n) is 4.68. The van der Waals surface area contributed by atoms with E-state index in [1.54, 1.807) is 0 Å². The summed E-state index contributed by atoms with van der Waals surface area (Å²) in [5, 5.41) is 5.46. The summed E-state index contributed by atoms with van der Waals surface area (Å²) in [5.41, 5.74) is 2.51. The number of rotatable bonds is 4. The first-order valence-corrected chi connectivity index (χ1v) is 9.69. The SMILES string of the molecule is CCn1[nH]cc(C(=O)Sc2cc(C)c3c(c2C)C(NC(C)=O)CCO3)c1=O. The van der Waals surface area contributed by atoms with Crippen LogP contribution in [0.25, 0.3) is 0 Å². The van der Waals surface area contributed by atoms with Crippen LogP contribution in [0, 0.1) is 13.8 Å². The number of carbonyl (C=O) groups is 2. The van der Waals surface area contributed by atoms with Crippen molar-refractivity contribution >= 4 is 22.8 Å². The van der Waals surface area contributed by atoms with Crippen LogP contribution in [-0.2, 0) is 11.3 Å². The number of ether oxygens (including phenoxy) is 1. The average molecular weight is 389 g/mol. The predicted molar refractivity (Wildman–Crippen MR) is 103 cm³/mol. The molecule has 1 aliphatic rings. The molecule has 1 aromatic carbocycles. The number of amides is 1. The minimum Gasteiger partial charge on any atom is -0.493 e. The first-order chi connectivity index (χ1) is 12.8. The molecule has 0 fully saturated rings. The standard InChI is InChI=1S/C19H23N3O4S/c1-5-22-18(24)13(9-20-22)19(25)27-15-8-10(2)17-16(11(15)3)14(6-7-26-17)21-12(4)23/h8-9,14,20H,5-7H2,1-4H3,(H,21,23). The van der Waals surface area contributed by atoms with E-state index in [1.807, 2.05) is 26.8 Å². The van der Waals surface area contributed by atoms with E-state index in [9.17, 15) is 14.4 Å². The molecule has 0 saturated carbocycles. The third-order valence-corrected chi connectivity index (χ3v) is 5.73. The number of benzene rings is 1. The van der Waals surface area contributed by atoms with Crippen LogP contribution < -0.4 is 15.6 Å². The van der Waals surface area contributed by atoms with Gasteiger partial charge >= 0.3 is 0 Å². The van der Waals surface area contributed by atoms with E-state index in [0.29, 0.717) is 19.6 Å². The molecule has 1 atom stereocenters. The van der Waals surface area contributed by atoms with Gasteiger partial charge in [-0.05, 0) is 49.7 Å². The van der Waals surface area contributed by atoms with E-state index < -0.39 is 0 Å². The van der Waals surface area contributed by atoms with Crippen LogP contribution in [0.2, 0.25) is 0 Å². The molecular weight excluding hydrogens is 366 g/mol. The zero-order valence-corrected chi connectivity index (χ0v) is 16.7. The van der Waals surface area contributed by atoms with Gasteiger partial charge in [0.2, 0.25) is 11.0 Å². The number of fused-ring (bicyclic) bond motifs is 1. The third kappa shape index (κ3) is 3.66. The smallest absolute Gasteiger partial charge is 0.278 e. The number of aryl methyl sites for hydroxylation is 2. The van der Waals surface area contributed by atoms with Crippen LogP contribution in [0.1, 0.15) is 53.4 Å². The van der Waals surface area contributed by atoms with Gasteiger partial charge < -0.3 is 15.2 Å². The quantitative estimate of drug-likeness (QED) is 0.785. The van der Waals surface area contributed by atoms with E-state index >= 15 is 0 Å². The number of thioether (sulfide) groups is 1. The number of nitrogens with one attached hydrogen (secondary N) is 2. The Labute approximate surface area is 161 Å². The van der Waals surface area contributed by atoms with E-state index in [1.165, 1.54) is 17.8 Å². The first kappa shape index (κ1) is 19.3. The summed E-state index contributed by atoms with van der Waals surface area (Å²) in [6.45, 7) is 8.16. The highest BCUT2D eigenvalue weighted by Gasteiger charge is 2.28. The van der Waals surface area contributed by atoms with Crippen LogP contribution >= 0.6 is 11.8 Å². The topological polar surface area (TPSA) is 93.2 Å². The van der Waals surface area contributed by atoms with Crippen molar-refractivity contribution in [2.75, 3.05) is 6.61 Å². The van der Waals surface area contributed by atoms with E-state index in [-0.39, 0.29) is 28.2 Å². The lowest BCUT2D eigenvalue weighted by atomic mass is 9.93. The lowest BCUT2D eigenvalue weighted by Crippen LogP contribution is -2.31. The summed E-state index contributed by atoms with van der Waals surface area (Å²) in [4.78, 5) is 37.3. The molecule has 1 aromatic heterocycles. The molecule has 144 valence electrons. The molecule has 2 N–H and O–H groups in total. The molecule has 3 rings (SSSR count). The zero-order chi connectivity index (χ0) is 19.7. The summed E-state index contributed by atoms with van der Waals surface area (Å²) < 4.78 is 7.21. The van der Waals surface area contributed by atoms with Gasteiger partial charge in [0.1, 0.15) is 11.3 Å². The summed E-state index contributed by atoms with van der Waals surface area (Å²) in [7, 11) is 0. The Kier molecular flexibility index (Phi) is 5.46. The molecule has 2 heterocycles. The van der Waals surface area contributed by atoms with Crippen molar-refractivity contribution < 1.29 is 14.3 Å². The molecule has 7 nitrogen and oxygen atoms in total. The molecule has 27 heavy (non-hydrogen) atoms. The van der Waals surface area contributed by atoms with Crippen molar-refractivity contribution in [1.29, 1.82) is 0 Å². The second-order valence-corrected chi connectivity index (χ2v) is 7.59. The van der Waals surface area contributed by atoms with Gasteiger partial charge in [-0.1, -0.05) is 0 Å². The van der Waals surface area contributed by atoms with E-state index in [2.05, 4.69) is 10.4 Å². The fraction of sp³-hybridized carbons (Fsp3) is 0.421. The first-order valence-electron chi connectivity index (χ1n) is 8.87. The highest BCUT2D eigenvalue weighted by Crippen LogP contribution is 2.42. The molecule has 1 aliphatic heterocycles. The molecule has 0 aliphatic carbocycles. The number of aromatic amines is 1. The number of nitrogens with zero attached hydrogens (tertiary/aromatic N) is 1. The largest absolute Gasteiger partial charge is 0.493 e. The Hall–Kier alpha value is -2.48. The van der Waals surface area contributed by atoms with E-state index in [4.69, 9.17) is 4.74 Å². The monoisotopic (exact) mass is 389 g/mol. The maximum absolute atomic E-state index is 12.7. The lowest BCUT2D eigenvalue weighted by Gasteiger charge is -2.30. The molecule has 2 aromatic rings. The van der Waals surface area contributed by atoms with Crippen molar-refractivity contribution in [1.82, 2.24) is 15.1 Å². The average Bonchev–Trinajstić information content (AvgIpc) is 2.99. The van der Waals surface area contributed by atoms with Crippen LogP contribution in [0.15, 0.2) is 22.0 Å². The Bertz CT molecular complexity index is 961. The molecule has 1 amide bonds. The van der Waals surface area contributed by atoms with Crippen molar-refractivity contribution in [2.45, 2.75) is 51.6 Å². The molecule has 1 unspecified atom stereocenters. The molecule has 0 saturated heterocycles. The maximum Gasteiger partial charge on any atom is 0.278 e. The second-order valence-electron chi connectivity index (χ2n) is 6.58. The van der Waals surface area contributed by atoms with Crippen molar-refractivity contribution in [3.63, 3.8) is 0 Å². The van der Waals surface area contributed by atoms with Crippen molar-refractivity contribution in [3.8, 4) is 5.75 Å². The van der Waals surface area contributed by atoms with Gasteiger partial charge in [0.05, 0.1) is 12.6 Å². The van der Waals surface area contributed by atoms with Gasteiger partial charge in [-0.2, -0.15) is 0 Å². The predicted octanol–water partition coefficient (Wildman–Crippen LogP) is 2.71. The van der Waals surface area contributed by atoms with Gasteiger partial charge in [-0.3, -0.25) is 19.1 Å². The number of hydrogen-bond donors (Lipinski definition) is 2. The molecule has 8 heteroatoms. The molecular formula is C19H23N3O4S. The summed E-state index contributed by atoms with van der Waals surface area (Å²) >= 11 is 1.03. The molecule has 0 radical (unpaired) electrons. The fourth-order valence-electron chi connectivity index (χ4n) is 3.36. The minimum absolute atomic E-state index is 0.105. The van der Waals surface area contributed by atoms with Crippen LogP contribution in [0.4, 0.5) is 0 Å². The lowest BCUT2D eigenvalue weighted by molar-refractivity contribution is -0.119. The molecule has 0 spiro atoms. The van der Waals surface area contributed by atoms with Gasteiger partial charge in [0, 0.05) is 36.5 Å². The maximum atomic E-state index is 12.7. The zero-order valence-electron chi connectivity index (χ0n) is 15.8. The van der Waals surface area contributed by atoms with Crippen LogP contribution in [0.3, 0.4) is 0 Å². The summed E-state index contributed by atoms with van der Waals surface area (Å²) in [6.07, 6.45) is 2.12. The Morgan fingerprint density at radius 3 is 2.78 bits per heavy atom. The number of H-pyrrole nitrogens is 1. The van der Waals surface area contributed by atoms with Gasteiger partial charge in [-0.15, -0.1) is 0 Å². The Balaban J connectivity index is 1.98. The Morgan fingerprint density at radius 2 is 2.15 bits per heavy atom. The summed E-state index contributed by atoms with van der Waals surface area (Å²) in [6, 6.07) is 1.75. The van der Waals surface area contributed by atoms with Crippen molar-refractivity contribution in [2.24, 2.45) is 0 Å². The number of hydrogen-bond acceptors (Lipinski definition) is 5. The normalized spacial score (nSPS) is 15.8.